The summed E-state index contributed by atoms with van der Waals surface area (Å²) in [6.07, 6.45) is 0.467. The SMILES string of the molecule is COc1ccc(Cl)cc1NCC(=O)N1CCC(C)(C(=O)O)C1. The Bertz CT molecular complexity index is 593. The molecule has 1 amide bonds. The number of hydrogen-bond acceptors (Lipinski definition) is 4. The summed E-state index contributed by atoms with van der Waals surface area (Å²) in [5.41, 5.74) is -0.229. The zero-order valence-electron chi connectivity index (χ0n) is 12.6. The van der Waals surface area contributed by atoms with Crippen molar-refractivity contribution in [3.63, 3.8) is 0 Å². The molecule has 0 spiro atoms. The molecular formula is C15H19ClN2O4. The summed E-state index contributed by atoms with van der Waals surface area (Å²) in [7, 11) is 1.54. The summed E-state index contributed by atoms with van der Waals surface area (Å²) in [6, 6.07) is 5.09. The van der Waals surface area contributed by atoms with Gasteiger partial charge in [0.2, 0.25) is 5.91 Å². The second-order valence-corrected chi connectivity index (χ2v) is 6.07. The smallest absolute Gasteiger partial charge is 0.311 e. The quantitative estimate of drug-likeness (QED) is 0.866. The molecule has 120 valence electrons. The number of halogens is 1. The van der Waals surface area contributed by atoms with Crippen molar-refractivity contribution in [3.05, 3.63) is 23.2 Å². The Morgan fingerprint density at radius 3 is 2.82 bits per heavy atom. The number of nitrogens with zero attached hydrogens (tertiary/aromatic N) is 1. The highest BCUT2D eigenvalue weighted by atomic mass is 35.5. The molecule has 1 aromatic carbocycles. The van der Waals surface area contributed by atoms with Crippen molar-refractivity contribution in [2.75, 3.05) is 32.1 Å². The number of ether oxygens (including phenoxy) is 1. The van der Waals surface area contributed by atoms with E-state index in [0.717, 1.165) is 0 Å². The fourth-order valence-electron chi connectivity index (χ4n) is 2.45. The Labute approximate surface area is 134 Å². The van der Waals surface area contributed by atoms with Gasteiger partial charge in [0.05, 0.1) is 24.8 Å². The number of carbonyl (C=O) groups is 2. The van der Waals surface area contributed by atoms with E-state index in [1.165, 1.54) is 7.11 Å². The number of amides is 1. The molecule has 1 unspecified atom stereocenters. The first-order valence-corrected chi connectivity index (χ1v) is 7.32. The third kappa shape index (κ3) is 3.44. The number of aliphatic carboxylic acids is 1. The van der Waals surface area contributed by atoms with Gasteiger partial charge in [-0.2, -0.15) is 0 Å². The van der Waals surface area contributed by atoms with Gasteiger partial charge in [-0.15, -0.1) is 0 Å². The van der Waals surface area contributed by atoms with Crippen molar-refractivity contribution in [1.29, 1.82) is 0 Å². The number of likely N-dealkylation sites (tertiary alicyclic amines) is 1. The maximum absolute atomic E-state index is 12.2. The molecule has 1 fully saturated rings. The van der Waals surface area contributed by atoms with Crippen LogP contribution in [-0.2, 0) is 9.59 Å². The maximum atomic E-state index is 12.2. The van der Waals surface area contributed by atoms with Crippen LogP contribution in [0.4, 0.5) is 5.69 Å². The molecule has 7 heteroatoms. The topological polar surface area (TPSA) is 78.9 Å². The van der Waals surface area contributed by atoms with Gasteiger partial charge in [0.15, 0.2) is 0 Å². The summed E-state index contributed by atoms with van der Waals surface area (Å²) in [5.74, 6) is -0.423. The van der Waals surface area contributed by atoms with Crippen molar-refractivity contribution in [2.45, 2.75) is 13.3 Å². The van der Waals surface area contributed by atoms with Crippen LogP contribution in [0.25, 0.3) is 0 Å². The summed E-state index contributed by atoms with van der Waals surface area (Å²) in [4.78, 5) is 25.0. The van der Waals surface area contributed by atoms with Gasteiger partial charge in [0, 0.05) is 18.1 Å². The predicted molar refractivity (Wildman–Crippen MR) is 83.4 cm³/mol. The van der Waals surface area contributed by atoms with Crippen LogP contribution in [0.1, 0.15) is 13.3 Å². The Morgan fingerprint density at radius 2 is 2.23 bits per heavy atom. The van der Waals surface area contributed by atoms with Gasteiger partial charge >= 0.3 is 5.97 Å². The zero-order chi connectivity index (χ0) is 16.3. The van der Waals surface area contributed by atoms with Gasteiger partial charge in [-0.25, -0.2) is 0 Å². The number of nitrogens with one attached hydrogen (secondary N) is 1. The highest BCUT2D eigenvalue weighted by Crippen LogP contribution is 2.31. The summed E-state index contributed by atoms with van der Waals surface area (Å²) in [6.45, 7) is 2.41. The molecule has 6 nitrogen and oxygen atoms in total. The largest absolute Gasteiger partial charge is 0.495 e. The minimum absolute atomic E-state index is 0.0619. The third-order valence-electron chi connectivity index (χ3n) is 3.93. The number of carbonyl (C=O) groups excluding carboxylic acids is 1. The van der Waals surface area contributed by atoms with Crippen molar-refractivity contribution in [2.24, 2.45) is 5.41 Å². The minimum atomic E-state index is -0.868. The van der Waals surface area contributed by atoms with Crippen LogP contribution in [-0.4, -0.2) is 48.6 Å². The molecular weight excluding hydrogens is 308 g/mol. The fraction of sp³-hybridized carbons (Fsp3) is 0.467. The van der Waals surface area contributed by atoms with Crippen LogP contribution in [0, 0.1) is 5.41 Å². The maximum Gasteiger partial charge on any atom is 0.311 e. The monoisotopic (exact) mass is 326 g/mol. The predicted octanol–water partition coefficient (Wildman–Crippen LogP) is 2.08. The van der Waals surface area contributed by atoms with Crippen LogP contribution in [0.5, 0.6) is 5.75 Å². The van der Waals surface area contributed by atoms with E-state index in [9.17, 15) is 14.7 Å². The Morgan fingerprint density at radius 1 is 1.50 bits per heavy atom. The second kappa shape index (κ2) is 6.44. The number of methoxy groups -OCH3 is 1. The molecule has 1 saturated heterocycles. The van der Waals surface area contributed by atoms with E-state index in [1.807, 2.05) is 0 Å². The van der Waals surface area contributed by atoms with Gasteiger partial charge < -0.3 is 20.1 Å². The average molecular weight is 327 g/mol. The molecule has 22 heavy (non-hydrogen) atoms. The lowest BCUT2D eigenvalue weighted by molar-refractivity contribution is -0.147. The van der Waals surface area contributed by atoms with Crippen molar-refractivity contribution >= 4 is 29.2 Å². The molecule has 0 aromatic heterocycles. The number of rotatable bonds is 5. The van der Waals surface area contributed by atoms with Crippen LogP contribution in [0.2, 0.25) is 5.02 Å². The minimum Gasteiger partial charge on any atom is -0.495 e. The Kier molecular flexibility index (Phi) is 4.81. The van der Waals surface area contributed by atoms with Crippen molar-refractivity contribution in [1.82, 2.24) is 4.90 Å². The molecule has 2 rings (SSSR count). The first-order valence-electron chi connectivity index (χ1n) is 6.94. The summed E-state index contributed by atoms with van der Waals surface area (Å²) in [5, 5.41) is 12.7. The lowest BCUT2D eigenvalue weighted by atomic mass is 9.90. The number of benzene rings is 1. The molecule has 1 atom stereocenters. The van der Waals surface area contributed by atoms with E-state index in [4.69, 9.17) is 16.3 Å². The van der Waals surface area contributed by atoms with E-state index in [1.54, 1.807) is 30.0 Å². The molecule has 0 radical (unpaired) electrons. The van der Waals surface area contributed by atoms with Gasteiger partial charge in [0.1, 0.15) is 5.75 Å². The van der Waals surface area contributed by atoms with E-state index in [-0.39, 0.29) is 19.0 Å². The van der Waals surface area contributed by atoms with Crippen molar-refractivity contribution < 1.29 is 19.4 Å². The van der Waals surface area contributed by atoms with E-state index >= 15 is 0 Å². The molecule has 1 heterocycles. The molecule has 0 aliphatic carbocycles. The molecule has 0 saturated carbocycles. The zero-order valence-corrected chi connectivity index (χ0v) is 13.3. The van der Waals surface area contributed by atoms with E-state index in [2.05, 4.69) is 5.32 Å². The standard InChI is InChI=1S/C15H19ClN2O4/c1-15(14(20)21)5-6-18(9-15)13(19)8-17-11-7-10(16)3-4-12(11)22-2/h3-4,7,17H,5-6,8-9H2,1-2H3,(H,20,21). The number of anilines is 1. The number of hydrogen-bond donors (Lipinski definition) is 2. The van der Waals surface area contributed by atoms with Crippen molar-refractivity contribution in [3.8, 4) is 5.75 Å². The lowest BCUT2D eigenvalue weighted by Gasteiger charge is -2.21. The van der Waals surface area contributed by atoms with Crippen LogP contribution < -0.4 is 10.1 Å². The average Bonchev–Trinajstić information content (AvgIpc) is 2.89. The number of carboxylic acid groups (broad SMARTS) is 1. The molecule has 1 aromatic rings. The highest BCUT2D eigenvalue weighted by molar-refractivity contribution is 6.30. The van der Waals surface area contributed by atoms with Gasteiger partial charge in [-0.05, 0) is 31.5 Å². The first-order chi connectivity index (χ1) is 10.4. The fourth-order valence-corrected chi connectivity index (χ4v) is 2.62. The molecule has 1 aliphatic rings. The van der Waals surface area contributed by atoms with Gasteiger partial charge in [0.25, 0.3) is 0 Å². The third-order valence-corrected chi connectivity index (χ3v) is 4.17. The van der Waals surface area contributed by atoms with Crippen LogP contribution in [0.15, 0.2) is 18.2 Å². The van der Waals surface area contributed by atoms with E-state index in [0.29, 0.717) is 29.4 Å². The van der Waals surface area contributed by atoms with Gasteiger partial charge in [-0.1, -0.05) is 11.6 Å². The van der Waals surface area contributed by atoms with E-state index < -0.39 is 11.4 Å². The lowest BCUT2D eigenvalue weighted by Crippen LogP contribution is -2.37. The summed E-state index contributed by atoms with van der Waals surface area (Å²) >= 11 is 5.93. The van der Waals surface area contributed by atoms with Gasteiger partial charge in [-0.3, -0.25) is 9.59 Å². The Hall–Kier alpha value is -1.95. The summed E-state index contributed by atoms with van der Waals surface area (Å²) < 4.78 is 5.20. The number of carboxylic acids is 1. The van der Waals surface area contributed by atoms with Crippen LogP contribution >= 0.6 is 11.6 Å². The second-order valence-electron chi connectivity index (χ2n) is 5.63. The van der Waals surface area contributed by atoms with Crippen LogP contribution in [0.3, 0.4) is 0 Å². The Balaban J connectivity index is 1.97. The highest BCUT2D eigenvalue weighted by Gasteiger charge is 2.41. The molecule has 1 aliphatic heterocycles. The first kappa shape index (κ1) is 16.4. The molecule has 0 bridgehead atoms. The molecule has 2 N–H and O–H groups in total. The normalized spacial score (nSPS) is 20.8.